The lowest BCUT2D eigenvalue weighted by Gasteiger charge is -2.06. The molecule has 1 aromatic heterocycles. The Balaban J connectivity index is 2.33. The van der Waals surface area contributed by atoms with E-state index >= 15 is 0 Å². The second-order valence-corrected chi connectivity index (χ2v) is 4.60. The second kappa shape index (κ2) is 5.18. The fourth-order valence-electron chi connectivity index (χ4n) is 1.48. The number of aryl methyl sites for hydroxylation is 1. The Bertz CT molecular complexity index is 565. The third-order valence-electron chi connectivity index (χ3n) is 2.15. The van der Waals surface area contributed by atoms with Gasteiger partial charge in [0.25, 0.3) is 0 Å². The molecule has 1 aromatic carbocycles. The first kappa shape index (κ1) is 12.6. The molecule has 0 amide bonds. The minimum absolute atomic E-state index is 0.118. The molecule has 0 saturated heterocycles. The molecule has 5 nitrogen and oxygen atoms in total. The quantitative estimate of drug-likeness (QED) is 0.857. The van der Waals surface area contributed by atoms with Gasteiger partial charge in [-0.3, -0.25) is 9.36 Å². The molecular weight excluding hydrogens is 257 g/mol. The van der Waals surface area contributed by atoms with Crippen molar-refractivity contribution in [2.24, 2.45) is 0 Å². The lowest BCUT2D eigenvalue weighted by molar-refractivity contribution is -0.133. The number of rotatable bonds is 4. The third kappa shape index (κ3) is 2.86. The summed E-state index contributed by atoms with van der Waals surface area (Å²) in [6, 6.07) is 4.54. The van der Waals surface area contributed by atoms with Gasteiger partial charge in [0, 0.05) is 0 Å². The van der Waals surface area contributed by atoms with Gasteiger partial charge < -0.3 is 5.11 Å². The first-order chi connectivity index (χ1) is 8.56. The average Bonchev–Trinajstić information content (AvgIpc) is 2.72. The number of aromatic nitrogens is 3. The number of carboxylic acids is 1. The second-order valence-electron chi connectivity index (χ2n) is 3.65. The van der Waals surface area contributed by atoms with Crippen molar-refractivity contribution in [2.45, 2.75) is 12.1 Å². The largest absolute Gasteiger partial charge is 0.481 e. The predicted molar refractivity (Wildman–Crippen MR) is 64.4 cm³/mol. The van der Waals surface area contributed by atoms with Crippen LogP contribution in [-0.2, 0) is 4.79 Å². The highest BCUT2D eigenvalue weighted by Gasteiger charge is 2.10. The van der Waals surface area contributed by atoms with Crippen molar-refractivity contribution in [2.75, 3.05) is 5.75 Å². The Hall–Kier alpha value is -1.89. The number of hydrogen-bond donors (Lipinski definition) is 1. The molecule has 0 fully saturated rings. The van der Waals surface area contributed by atoms with Crippen molar-refractivity contribution >= 4 is 17.7 Å². The fraction of sp³-hybridized carbons (Fsp3) is 0.182. The van der Waals surface area contributed by atoms with Gasteiger partial charge in [-0.25, -0.2) is 4.39 Å². The van der Waals surface area contributed by atoms with Crippen LogP contribution in [0.15, 0.2) is 29.7 Å². The van der Waals surface area contributed by atoms with Gasteiger partial charge in [0.2, 0.25) is 0 Å². The summed E-state index contributed by atoms with van der Waals surface area (Å²) in [5.41, 5.74) is 1.35. The molecule has 0 saturated carbocycles. The fourth-order valence-corrected chi connectivity index (χ4v) is 2.13. The zero-order chi connectivity index (χ0) is 13.1. The maximum Gasteiger partial charge on any atom is 0.313 e. The molecule has 0 aliphatic carbocycles. The van der Waals surface area contributed by atoms with Gasteiger partial charge >= 0.3 is 5.97 Å². The van der Waals surface area contributed by atoms with Crippen LogP contribution in [0.1, 0.15) is 5.56 Å². The first-order valence-electron chi connectivity index (χ1n) is 5.08. The third-order valence-corrected chi connectivity index (χ3v) is 3.07. The smallest absolute Gasteiger partial charge is 0.313 e. The summed E-state index contributed by atoms with van der Waals surface area (Å²) in [6.07, 6.45) is 1.43. The zero-order valence-corrected chi connectivity index (χ0v) is 10.3. The Morgan fingerprint density at radius 1 is 1.50 bits per heavy atom. The topological polar surface area (TPSA) is 68.0 Å². The Morgan fingerprint density at radius 3 is 2.94 bits per heavy atom. The van der Waals surface area contributed by atoms with Gasteiger partial charge in [-0.2, -0.15) is 0 Å². The molecule has 2 aromatic rings. The van der Waals surface area contributed by atoms with Gasteiger partial charge in [0.05, 0.1) is 11.4 Å². The Kier molecular flexibility index (Phi) is 3.61. The van der Waals surface area contributed by atoms with E-state index in [0.717, 1.165) is 17.3 Å². The van der Waals surface area contributed by atoms with E-state index in [1.54, 1.807) is 17.6 Å². The standard InChI is InChI=1S/C11H10FN3O2S/c1-7-2-8(12)4-9(3-7)15-6-13-14-11(15)18-5-10(16)17/h2-4,6H,5H2,1H3,(H,16,17). The molecule has 7 heteroatoms. The van der Waals surface area contributed by atoms with Crippen molar-refractivity contribution in [1.82, 2.24) is 14.8 Å². The lowest BCUT2D eigenvalue weighted by Crippen LogP contribution is -2.01. The van der Waals surface area contributed by atoms with Gasteiger partial charge in [0.1, 0.15) is 12.1 Å². The van der Waals surface area contributed by atoms with Crippen molar-refractivity contribution in [1.29, 1.82) is 0 Å². The number of benzene rings is 1. The number of carboxylic acid groups (broad SMARTS) is 1. The van der Waals surface area contributed by atoms with Crippen molar-refractivity contribution in [3.8, 4) is 5.69 Å². The van der Waals surface area contributed by atoms with Crippen LogP contribution in [0.5, 0.6) is 0 Å². The van der Waals surface area contributed by atoms with E-state index in [1.807, 2.05) is 0 Å². The van der Waals surface area contributed by atoms with Crippen LogP contribution >= 0.6 is 11.8 Å². The number of thioether (sulfide) groups is 1. The molecule has 94 valence electrons. The number of halogens is 1. The summed E-state index contributed by atoms with van der Waals surface area (Å²) in [5, 5.41) is 16.6. The van der Waals surface area contributed by atoms with E-state index < -0.39 is 5.97 Å². The van der Waals surface area contributed by atoms with E-state index in [9.17, 15) is 9.18 Å². The molecule has 0 radical (unpaired) electrons. The van der Waals surface area contributed by atoms with Crippen LogP contribution in [0.2, 0.25) is 0 Å². The van der Waals surface area contributed by atoms with Crippen molar-refractivity contribution < 1.29 is 14.3 Å². The highest BCUT2D eigenvalue weighted by atomic mass is 32.2. The monoisotopic (exact) mass is 267 g/mol. The minimum atomic E-state index is -0.940. The van der Waals surface area contributed by atoms with Gasteiger partial charge in [-0.15, -0.1) is 10.2 Å². The molecule has 2 rings (SSSR count). The predicted octanol–water partition coefficient (Wildman–Crippen LogP) is 1.89. The number of carbonyl (C=O) groups is 1. The molecule has 1 N–H and O–H groups in total. The number of aliphatic carboxylic acids is 1. The SMILES string of the molecule is Cc1cc(F)cc(-n2cnnc2SCC(=O)O)c1. The summed E-state index contributed by atoms with van der Waals surface area (Å²) < 4.78 is 14.9. The van der Waals surface area contributed by atoms with Crippen LogP contribution in [-0.4, -0.2) is 31.6 Å². The maximum atomic E-state index is 13.3. The minimum Gasteiger partial charge on any atom is -0.481 e. The highest BCUT2D eigenvalue weighted by molar-refractivity contribution is 7.99. The number of nitrogens with zero attached hydrogens (tertiary/aromatic N) is 3. The van der Waals surface area contributed by atoms with Crippen LogP contribution < -0.4 is 0 Å². The maximum absolute atomic E-state index is 13.3. The molecule has 0 bridgehead atoms. The summed E-state index contributed by atoms with van der Waals surface area (Å²) >= 11 is 1.04. The average molecular weight is 267 g/mol. The Morgan fingerprint density at radius 2 is 2.28 bits per heavy atom. The van der Waals surface area contributed by atoms with Gasteiger partial charge in [-0.05, 0) is 30.7 Å². The van der Waals surface area contributed by atoms with Crippen LogP contribution in [0.3, 0.4) is 0 Å². The molecule has 0 spiro atoms. The molecule has 0 unspecified atom stereocenters. The zero-order valence-electron chi connectivity index (χ0n) is 9.50. The molecule has 0 aliphatic heterocycles. The van der Waals surface area contributed by atoms with Crippen LogP contribution in [0, 0.1) is 12.7 Å². The summed E-state index contributed by atoms with van der Waals surface area (Å²) in [6.45, 7) is 1.78. The van der Waals surface area contributed by atoms with E-state index in [1.165, 1.54) is 18.5 Å². The molecular formula is C11H10FN3O2S. The Labute approximate surface area is 107 Å². The normalized spacial score (nSPS) is 10.6. The highest BCUT2D eigenvalue weighted by Crippen LogP contribution is 2.20. The first-order valence-corrected chi connectivity index (χ1v) is 6.07. The molecule has 1 heterocycles. The van der Waals surface area contributed by atoms with Gasteiger partial charge in [0.15, 0.2) is 5.16 Å². The van der Waals surface area contributed by atoms with E-state index in [2.05, 4.69) is 10.2 Å². The summed E-state index contributed by atoms with van der Waals surface area (Å²) in [4.78, 5) is 10.5. The van der Waals surface area contributed by atoms with Crippen molar-refractivity contribution in [3.63, 3.8) is 0 Å². The van der Waals surface area contributed by atoms with Gasteiger partial charge in [-0.1, -0.05) is 11.8 Å². The van der Waals surface area contributed by atoms with E-state index in [4.69, 9.17) is 5.11 Å². The van der Waals surface area contributed by atoms with Crippen LogP contribution in [0.4, 0.5) is 4.39 Å². The van der Waals surface area contributed by atoms with E-state index in [0.29, 0.717) is 10.8 Å². The molecule has 18 heavy (non-hydrogen) atoms. The van der Waals surface area contributed by atoms with E-state index in [-0.39, 0.29) is 11.6 Å². The van der Waals surface area contributed by atoms with Crippen LogP contribution in [0.25, 0.3) is 5.69 Å². The lowest BCUT2D eigenvalue weighted by atomic mass is 10.2. The number of hydrogen-bond acceptors (Lipinski definition) is 4. The molecule has 0 aliphatic rings. The summed E-state index contributed by atoms with van der Waals surface area (Å²) in [5.74, 6) is -1.41. The van der Waals surface area contributed by atoms with Crippen molar-refractivity contribution in [3.05, 3.63) is 35.9 Å². The summed E-state index contributed by atoms with van der Waals surface area (Å²) in [7, 11) is 0. The molecule has 0 atom stereocenters.